The lowest BCUT2D eigenvalue weighted by molar-refractivity contribution is -0.138. The largest absolute Gasteiger partial charge is 0.340 e. The Hall–Kier alpha value is -0.600. The molecule has 2 unspecified atom stereocenters. The van der Waals surface area contributed by atoms with Crippen LogP contribution < -0.4 is 0 Å². The van der Waals surface area contributed by atoms with Gasteiger partial charge in [0, 0.05) is 0 Å². The SMILES string of the molecule is CC.CC1(C)OC2C=CC=CC2O1.CCC. The van der Waals surface area contributed by atoms with E-state index < -0.39 is 5.79 Å². The van der Waals surface area contributed by atoms with Crippen molar-refractivity contribution in [2.45, 2.75) is 66.0 Å². The molecule has 2 atom stereocenters. The monoisotopic (exact) mass is 226 g/mol. The first kappa shape index (κ1) is 15.4. The Balaban J connectivity index is 0.000000394. The van der Waals surface area contributed by atoms with Gasteiger partial charge in [-0.1, -0.05) is 58.4 Å². The molecule has 0 aromatic carbocycles. The van der Waals surface area contributed by atoms with E-state index in [0.29, 0.717) is 0 Å². The second-order valence-corrected chi connectivity index (χ2v) is 4.04. The topological polar surface area (TPSA) is 18.5 Å². The Bertz CT molecular complexity index is 207. The summed E-state index contributed by atoms with van der Waals surface area (Å²) in [7, 11) is 0. The number of rotatable bonds is 0. The molecule has 1 saturated heterocycles. The first-order valence-corrected chi connectivity index (χ1v) is 6.29. The highest BCUT2D eigenvalue weighted by atomic mass is 16.7. The zero-order valence-corrected chi connectivity index (χ0v) is 11.5. The fourth-order valence-electron chi connectivity index (χ4n) is 1.46. The molecule has 16 heavy (non-hydrogen) atoms. The van der Waals surface area contributed by atoms with Crippen LogP contribution in [0.1, 0.15) is 48.0 Å². The van der Waals surface area contributed by atoms with Gasteiger partial charge in [-0.05, 0) is 13.8 Å². The highest BCUT2D eigenvalue weighted by molar-refractivity contribution is 5.18. The van der Waals surface area contributed by atoms with Gasteiger partial charge in [-0.25, -0.2) is 0 Å². The van der Waals surface area contributed by atoms with Crippen LogP contribution in [-0.2, 0) is 9.47 Å². The summed E-state index contributed by atoms with van der Waals surface area (Å²) in [6.45, 7) is 12.1. The summed E-state index contributed by atoms with van der Waals surface area (Å²) >= 11 is 0. The van der Waals surface area contributed by atoms with Crippen LogP contribution >= 0.6 is 0 Å². The molecular weight excluding hydrogens is 200 g/mol. The normalized spacial score (nSPS) is 28.4. The molecule has 1 aliphatic heterocycles. The third-order valence-corrected chi connectivity index (χ3v) is 1.88. The highest BCUT2D eigenvalue weighted by Crippen LogP contribution is 2.30. The third-order valence-electron chi connectivity index (χ3n) is 1.88. The van der Waals surface area contributed by atoms with Crippen molar-refractivity contribution in [2.24, 2.45) is 0 Å². The molecule has 0 saturated carbocycles. The zero-order valence-electron chi connectivity index (χ0n) is 11.5. The van der Waals surface area contributed by atoms with Crippen LogP contribution in [0.2, 0.25) is 0 Å². The molecular formula is C14H26O2. The van der Waals surface area contributed by atoms with Gasteiger partial charge in [0.25, 0.3) is 0 Å². The molecule has 0 N–H and O–H groups in total. The van der Waals surface area contributed by atoms with Gasteiger partial charge in [0.1, 0.15) is 12.2 Å². The molecule has 2 heteroatoms. The maximum absolute atomic E-state index is 5.59. The van der Waals surface area contributed by atoms with E-state index in [0.717, 1.165) is 0 Å². The molecule has 1 aliphatic carbocycles. The quantitative estimate of drug-likeness (QED) is 0.619. The lowest BCUT2D eigenvalue weighted by atomic mass is 10.1. The Kier molecular flexibility index (Phi) is 7.35. The molecule has 94 valence electrons. The maximum atomic E-state index is 5.59. The number of hydrogen-bond acceptors (Lipinski definition) is 2. The van der Waals surface area contributed by atoms with Gasteiger partial charge in [-0.2, -0.15) is 0 Å². The smallest absolute Gasteiger partial charge is 0.164 e. The first-order chi connectivity index (χ1) is 7.59. The van der Waals surface area contributed by atoms with Crippen LogP contribution in [0.15, 0.2) is 24.3 Å². The van der Waals surface area contributed by atoms with Crippen molar-refractivity contribution in [3.8, 4) is 0 Å². The number of ether oxygens (including phenoxy) is 2. The molecule has 0 radical (unpaired) electrons. The summed E-state index contributed by atoms with van der Waals surface area (Å²) in [5, 5.41) is 0. The Labute approximate surface area is 100 Å². The number of allylic oxidation sites excluding steroid dienone is 2. The van der Waals surface area contributed by atoms with Crippen molar-refractivity contribution < 1.29 is 9.47 Å². The summed E-state index contributed by atoms with van der Waals surface area (Å²) < 4.78 is 11.2. The second-order valence-electron chi connectivity index (χ2n) is 4.04. The van der Waals surface area contributed by atoms with Crippen LogP contribution in [0.4, 0.5) is 0 Å². The van der Waals surface area contributed by atoms with E-state index in [1.54, 1.807) is 0 Å². The van der Waals surface area contributed by atoms with Crippen molar-refractivity contribution in [3.63, 3.8) is 0 Å². The molecule has 0 aromatic heterocycles. The summed E-state index contributed by atoms with van der Waals surface area (Å²) in [6, 6.07) is 0. The maximum Gasteiger partial charge on any atom is 0.164 e. The summed E-state index contributed by atoms with van der Waals surface area (Å²) in [5.41, 5.74) is 0. The molecule has 1 fully saturated rings. The molecule has 1 heterocycles. The fraction of sp³-hybridized carbons (Fsp3) is 0.714. The van der Waals surface area contributed by atoms with E-state index in [1.165, 1.54) is 6.42 Å². The molecule has 2 nitrogen and oxygen atoms in total. The van der Waals surface area contributed by atoms with Crippen molar-refractivity contribution in [1.82, 2.24) is 0 Å². The van der Waals surface area contributed by atoms with Gasteiger partial charge in [0.15, 0.2) is 5.79 Å². The van der Waals surface area contributed by atoms with Gasteiger partial charge in [-0.3, -0.25) is 0 Å². The number of hydrogen-bond donors (Lipinski definition) is 0. The van der Waals surface area contributed by atoms with Crippen molar-refractivity contribution >= 4 is 0 Å². The number of fused-ring (bicyclic) bond motifs is 1. The van der Waals surface area contributed by atoms with Crippen molar-refractivity contribution in [2.75, 3.05) is 0 Å². The predicted octanol–water partition coefficient (Wildman–Crippen LogP) is 4.08. The summed E-state index contributed by atoms with van der Waals surface area (Å²) in [5.74, 6) is -0.422. The van der Waals surface area contributed by atoms with Crippen LogP contribution in [-0.4, -0.2) is 18.0 Å². The highest BCUT2D eigenvalue weighted by Gasteiger charge is 2.38. The van der Waals surface area contributed by atoms with Crippen molar-refractivity contribution in [3.05, 3.63) is 24.3 Å². The Morgan fingerprint density at radius 3 is 1.56 bits per heavy atom. The minimum absolute atomic E-state index is 0.120. The molecule has 0 spiro atoms. The minimum atomic E-state index is -0.422. The predicted molar refractivity (Wildman–Crippen MR) is 69.4 cm³/mol. The van der Waals surface area contributed by atoms with Crippen molar-refractivity contribution in [1.29, 1.82) is 0 Å². The average Bonchev–Trinajstić information content (AvgIpc) is 2.55. The van der Waals surface area contributed by atoms with E-state index in [4.69, 9.17) is 9.47 Å². The van der Waals surface area contributed by atoms with Gasteiger partial charge >= 0.3 is 0 Å². The molecule has 0 amide bonds. The standard InChI is InChI=1S/C9H12O2.C3H8.C2H6/c1-9(2)10-7-5-3-4-6-8(7)11-9;1-3-2;1-2/h3-8H,1-2H3;3H2,1-2H3;1-2H3. The molecule has 2 aliphatic rings. The third kappa shape index (κ3) is 4.95. The van der Waals surface area contributed by atoms with E-state index in [2.05, 4.69) is 13.8 Å². The van der Waals surface area contributed by atoms with E-state index >= 15 is 0 Å². The van der Waals surface area contributed by atoms with Crippen LogP contribution in [0, 0.1) is 0 Å². The van der Waals surface area contributed by atoms with Gasteiger partial charge < -0.3 is 9.47 Å². The molecule has 0 bridgehead atoms. The van der Waals surface area contributed by atoms with E-state index in [-0.39, 0.29) is 12.2 Å². The summed E-state index contributed by atoms with van der Waals surface area (Å²) in [6.07, 6.45) is 9.53. The second kappa shape index (κ2) is 7.64. The summed E-state index contributed by atoms with van der Waals surface area (Å²) in [4.78, 5) is 0. The average molecular weight is 226 g/mol. The van der Waals surface area contributed by atoms with Crippen LogP contribution in [0.25, 0.3) is 0 Å². The van der Waals surface area contributed by atoms with Gasteiger partial charge in [0.2, 0.25) is 0 Å². The van der Waals surface area contributed by atoms with E-state index in [1.807, 2.05) is 52.0 Å². The lowest BCUT2D eigenvalue weighted by Crippen LogP contribution is -2.20. The fourth-order valence-corrected chi connectivity index (χ4v) is 1.46. The first-order valence-electron chi connectivity index (χ1n) is 6.29. The van der Waals surface area contributed by atoms with Crippen LogP contribution in [0.5, 0.6) is 0 Å². The van der Waals surface area contributed by atoms with Crippen LogP contribution in [0.3, 0.4) is 0 Å². The molecule has 0 aromatic rings. The van der Waals surface area contributed by atoms with E-state index in [9.17, 15) is 0 Å². The Morgan fingerprint density at radius 1 is 0.938 bits per heavy atom. The lowest BCUT2D eigenvalue weighted by Gasteiger charge is -2.15. The Morgan fingerprint density at radius 2 is 1.25 bits per heavy atom. The zero-order chi connectivity index (χ0) is 12.6. The van der Waals surface area contributed by atoms with Gasteiger partial charge in [-0.15, -0.1) is 0 Å². The molecule has 2 rings (SSSR count). The van der Waals surface area contributed by atoms with Gasteiger partial charge in [0.05, 0.1) is 0 Å². The minimum Gasteiger partial charge on any atom is -0.340 e.